The Morgan fingerprint density at radius 3 is 2.21 bits per heavy atom. The van der Waals surface area contributed by atoms with E-state index in [-0.39, 0.29) is 6.03 Å². The van der Waals surface area contributed by atoms with Gasteiger partial charge in [0.2, 0.25) is 0 Å². The van der Waals surface area contributed by atoms with Gasteiger partial charge in [-0.2, -0.15) is 0 Å². The number of amides is 2. The first-order chi connectivity index (χ1) is 16.1. The topological polar surface area (TPSA) is 104 Å². The van der Waals surface area contributed by atoms with E-state index in [4.69, 9.17) is 0 Å². The van der Waals surface area contributed by atoms with Crippen LogP contribution < -0.4 is 21.3 Å². The van der Waals surface area contributed by atoms with Crippen molar-refractivity contribution in [2.24, 2.45) is 0 Å². The third-order valence-electron chi connectivity index (χ3n) is 4.82. The zero-order valence-corrected chi connectivity index (χ0v) is 18.5. The molecule has 4 rings (SSSR count). The van der Waals surface area contributed by atoms with E-state index < -0.39 is 0 Å². The Kier molecular flexibility index (Phi) is 6.75. The van der Waals surface area contributed by atoms with E-state index in [0.29, 0.717) is 29.0 Å². The zero-order chi connectivity index (χ0) is 23.0. The Labute approximate surface area is 192 Å². The molecule has 0 aliphatic rings. The van der Waals surface area contributed by atoms with Crippen molar-refractivity contribution in [3.05, 3.63) is 90.4 Å². The maximum Gasteiger partial charge on any atom is 0.323 e. The van der Waals surface area contributed by atoms with Crippen LogP contribution >= 0.6 is 0 Å². The number of carbonyl (C=O) groups is 1. The summed E-state index contributed by atoms with van der Waals surface area (Å²) in [6.45, 7) is 3.89. The van der Waals surface area contributed by atoms with Gasteiger partial charge < -0.3 is 21.3 Å². The third kappa shape index (κ3) is 6.04. The smallest absolute Gasteiger partial charge is 0.323 e. The maximum absolute atomic E-state index is 12.4. The lowest BCUT2D eigenvalue weighted by molar-refractivity contribution is 0.262. The van der Waals surface area contributed by atoms with Gasteiger partial charge in [0.05, 0.1) is 0 Å². The number of urea groups is 1. The van der Waals surface area contributed by atoms with Crippen LogP contribution in [0.2, 0.25) is 0 Å². The Bertz CT molecular complexity index is 1230. The fraction of sp³-hybridized carbons (Fsp3) is 0.120. The number of aromatic nitrogens is 3. The van der Waals surface area contributed by atoms with Gasteiger partial charge in [0.15, 0.2) is 0 Å². The molecule has 2 amide bonds. The second-order valence-electron chi connectivity index (χ2n) is 7.32. The average molecular weight is 440 g/mol. The van der Waals surface area contributed by atoms with Crippen molar-refractivity contribution >= 4 is 40.5 Å². The van der Waals surface area contributed by atoms with E-state index in [1.54, 1.807) is 6.20 Å². The van der Waals surface area contributed by atoms with Crippen molar-refractivity contribution in [2.75, 3.05) is 21.3 Å². The number of pyridine rings is 1. The minimum absolute atomic E-state index is 0.284. The van der Waals surface area contributed by atoms with Crippen molar-refractivity contribution < 1.29 is 4.79 Å². The van der Waals surface area contributed by atoms with Crippen molar-refractivity contribution in [3.63, 3.8) is 0 Å². The quantitative estimate of drug-likeness (QED) is 0.287. The van der Waals surface area contributed by atoms with Crippen LogP contribution in [0.15, 0.2) is 79.0 Å². The molecule has 0 bridgehead atoms. The van der Waals surface area contributed by atoms with Gasteiger partial charge >= 0.3 is 6.03 Å². The molecule has 8 nitrogen and oxygen atoms in total. The fourth-order valence-electron chi connectivity index (χ4n) is 3.28. The van der Waals surface area contributed by atoms with Gasteiger partial charge in [-0.3, -0.25) is 0 Å². The molecule has 0 saturated heterocycles. The predicted molar refractivity (Wildman–Crippen MR) is 132 cm³/mol. The summed E-state index contributed by atoms with van der Waals surface area (Å²) in [7, 11) is 0. The number of aryl methyl sites for hydroxylation is 2. The summed E-state index contributed by atoms with van der Waals surface area (Å²) in [5.74, 6) is 2.62. The van der Waals surface area contributed by atoms with Crippen LogP contribution in [-0.2, 0) is 6.42 Å². The minimum atomic E-state index is -0.284. The van der Waals surface area contributed by atoms with Crippen LogP contribution in [-0.4, -0.2) is 21.0 Å². The Balaban J connectivity index is 1.39. The van der Waals surface area contributed by atoms with E-state index in [0.717, 1.165) is 23.4 Å². The summed E-state index contributed by atoms with van der Waals surface area (Å²) in [6, 6.07) is 22.3. The highest BCUT2D eigenvalue weighted by molar-refractivity contribution is 6.00. The standard InChI is InChI=1S/C25H25N7O/c1-3-18-8-4-5-9-21(18)31-25(33)30-20-13-11-19(12-14-20)29-23-16-24(28-17(2)27-23)32-22-10-6-7-15-26-22/h4-16H,3H2,1-2H3,(H2,30,31,33)(H2,26,27,28,29,32). The number of hydrogen-bond acceptors (Lipinski definition) is 6. The van der Waals surface area contributed by atoms with Crippen LogP contribution in [0.25, 0.3) is 0 Å². The molecule has 33 heavy (non-hydrogen) atoms. The number of benzene rings is 2. The highest BCUT2D eigenvalue weighted by Crippen LogP contribution is 2.21. The molecule has 8 heteroatoms. The van der Waals surface area contributed by atoms with Crippen LogP contribution in [0.3, 0.4) is 0 Å². The molecule has 0 radical (unpaired) electrons. The summed E-state index contributed by atoms with van der Waals surface area (Å²) in [5.41, 5.74) is 3.41. The lowest BCUT2D eigenvalue weighted by Gasteiger charge is -2.12. The van der Waals surface area contributed by atoms with E-state index in [9.17, 15) is 4.79 Å². The highest BCUT2D eigenvalue weighted by atomic mass is 16.2. The number of rotatable bonds is 7. The van der Waals surface area contributed by atoms with E-state index in [1.165, 1.54) is 0 Å². The van der Waals surface area contributed by atoms with Crippen LogP contribution in [0.4, 0.5) is 39.3 Å². The second kappa shape index (κ2) is 10.2. The normalized spacial score (nSPS) is 10.4. The van der Waals surface area contributed by atoms with E-state index in [2.05, 4.69) is 43.1 Å². The van der Waals surface area contributed by atoms with Gasteiger partial charge in [0.1, 0.15) is 23.3 Å². The number of carbonyl (C=O) groups excluding carboxylic acids is 1. The highest BCUT2D eigenvalue weighted by Gasteiger charge is 2.07. The summed E-state index contributed by atoms with van der Waals surface area (Å²) in [5, 5.41) is 12.2. The van der Waals surface area contributed by atoms with Crippen LogP contribution in [0, 0.1) is 6.92 Å². The van der Waals surface area contributed by atoms with Crippen molar-refractivity contribution in [1.29, 1.82) is 0 Å². The number of para-hydroxylation sites is 1. The molecule has 2 heterocycles. The van der Waals surface area contributed by atoms with Gasteiger partial charge in [-0.05, 0) is 61.4 Å². The molecule has 0 atom stereocenters. The molecular weight excluding hydrogens is 414 g/mol. The van der Waals surface area contributed by atoms with Crippen molar-refractivity contribution in [1.82, 2.24) is 15.0 Å². The Morgan fingerprint density at radius 2 is 1.48 bits per heavy atom. The Hall–Kier alpha value is -4.46. The van der Waals surface area contributed by atoms with E-state index >= 15 is 0 Å². The lowest BCUT2D eigenvalue weighted by Crippen LogP contribution is -2.20. The summed E-state index contributed by atoms with van der Waals surface area (Å²) in [4.78, 5) is 25.5. The number of anilines is 6. The maximum atomic E-state index is 12.4. The monoisotopic (exact) mass is 439 g/mol. The second-order valence-corrected chi connectivity index (χ2v) is 7.32. The van der Waals surface area contributed by atoms with Crippen LogP contribution in [0.5, 0.6) is 0 Å². The molecule has 0 saturated carbocycles. The summed E-state index contributed by atoms with van der Waals surface area (Å²) < 4.78 is 0. The summed E-state index contributed by atoms with van der Waals surface area (Å²) >= 11 is 0. The molecule has 2 aromatic carbocycles. The largest absolute Gasteiger partial charge is 0.340 e. The van der Waals surface area contributed by atoms with Crippen molar-refractivity contribution in [2.45, 2.75) is 20.3 Å². The average Bonchev–Trinajstić information content (AvgIpc) is 2.81. The molecular formula is C25H25N7O. The zero-order valence-electron chi connectivity index (χ0n) is 18.5. The molecule has 0 aliphatic heterocycles. The first-order valence-electron chi connectivity index (χ1n) is 10.7. The number of hydrogen-bond donors (Lipinski definition) is 4. The van der Waals surface area contributed by atoms with Gasteiger partial charge in [-0.15, -0.1) is 0 Å². The van der Waals surface area contributed by atoms with Gasteiger partial charge in [-0.1, -0.05) is 31.2 Å². The van der Waals surface area contributed by atoms with Gasteiger partial charge in [0, 0.05) is 29.3 Å². The predicted octanol–water partition coefficient (Wildman–Crippen LogP) is 5.87. The van der Waals surface area contributed by atoms with Gasteiger partial charge in [0.25, 0.3) is 0 Å². The Morgan fingerprint density at radius 1 is 0.788 bits per heavy atom. The lowest BCUT2D eigenvalue weighted by atomic mass is 10.1. The SMILES string of the molecule is CCc1ccccc1NC(=O)Nc1ccc(Nc2cc(Nc3ccccn3)nc(C)n2)cc1. The molecule has 0 fully saturated rings. The number of nitrogens with one attached hydrogen (secondary N) is 4. The molecule has 0 unspecified atom stereocenters. The van der Waals surface area contributed by atoms with Crippen LogP contribution in [0.1, 0.15) is 18.3 Å². The first kappa shape index (κ1) is 21.8. The molecule has 0 spiro atoms. The molecule has 4 aromatic rings. The van der Waals surface area contributed by atoms with Crippen molar-refractivity contribution in [3.8, 4) is 0 Å². The molecule has 4 N–H and O–H groups in total. The summed E-state index contributed by atoms with van der Waals surface area (Å²) in [6.07, 6.45) is 2.56. The van der Waals surface area contributed by atoms with E-state index in [1.807, 2.05) is 79.7 Å². The minimum Gasteiger partial charge on any atom is -0.340 e. The molecule has 2 aromatic heterocycles. The third-order valence-corrected chi connectivity index (χ3v) is 4.82. The molecule has 166 valence electrons. The first-order valence-corrected chi connectivity index (χ1v) is 10.7. The fourth-order valence-corrected chi connectivity index (χ4v) is 3.28. The van der Waals surface area contributed by atoms with Gasteiger partial charge in [-0.25, -0.2) is 19.7 Å². The number of nitrogens with zero attached hydrogens (tertiary/aromatic N) is 3. The molecule has 0 aliphatic carbocycles.